The average molecular weight is 294 g/mol. The van der Waals surface area contributed by atoms with Crippen molar-refractivity contribution in [1.29, 1.82) is 0 Å². The summed E-state index contributed by atoms with van der Waals surface area (Å²) in [5, 5.41) is 0. The van der Waals surface area contributed by atoms with E-state index in [4.69, 9.17) is 4.74 Å². The van der Waals surface area contributed by atoms with Crippen LogP contribution < -0.4 is 0 Å². The van der Waals surface area contributed by atoms with Crippen LogP contribution in [-0.4, -0.2) is 60.5 Å². The highest BCUT2D eigenvalue weighted by molar-refractivity contribution is 5.97. The van der Waals surface area contributed by atoms with Gasteiger partial charge in [-0.1, -0.05) is 0 Å². The van der Waals surface area contributed by atoms with Crippen molar-refractivity contribution in [2.24, 2.45) is 5.41 Å². The third kappa shape index (κ3) is 2.68. The van der Waals surface area contributed by atoms with Gasteiger partial charge in [0.15, 0.2) is 0 Å². The van der Waals surface area contributed by atoms with Crippen LogP contribution in [-0.2, 0) is 14.3 Å². The molecule has 0 aromatic carbocycles. The molecule has 2 unspecified atom stereocenters. The molecule has 118 valence electrons. The van der Waals surface area contributed by atoms with Crippen LogP contribution in [0.15, 0.2) is 0 Å². The summed E-state index contributed by atoms with van der Waals surface area (Å²) in [6.07, 6.45) is 6.20. The number of nitrogens with zero attached hydrogens (tertiary/aromatic N) is 2. The van der Waals surface area contributed by atoms with Crippen LogP contribution in [0.4, 0.5) is 0 Å². The van der Waals surface area contributed by atoms with Gasteiger partial charge in [0.05, 0.1) is 0 Å². The highest BCUT2D eigenvalue weighted by Gasteiger charge is 2.50. The van der Waals surface area contributed by atoms with E-state index < -0.39 is 0 Å². The molecule has 3 rings (SSSR count). The quantitative estimate of drug-likeness (QED) is 0.770. The molecule has 0 aromatic rings. The van der Waals surface area contributed by atoms with E-state index in [1.165, 1.54) is 0 Å². The van der Waals surface area contributed by atoms with Gasteiger partial charge in [-0.3, -0.25) is 9.59 Å². The number of fused-ring (bicyclic) bond motifs is 1. The van der Waals surface area contributed by atoms with Gasteiger partial charge in [-0.25, -0.2) is 0 Å². The molecule has 2 heterocycles. The maximum Gasteiger partial charge on any atom is 0.246 e. The molecule has 3 aliphatic rings. The SMILES string of the molecule is COCCC1(CN2C(=O)C3CCCCN3C(=O)C2C)CC1. The van der Waals surface area contributed by atoms with Gasteiger partial charge in [0.25, 0.3) is 0 Å². The Labute approximate surface area is 126 Å². The summed E-state index contributed by atoms with van der Waals surface area (Å²) in [6.45, 7) is 4.10. The number of hydrogen-bond donors (Lipinski definition) is 0. The van der Waals surface area contributed by atoms with Gasteiger partial charge in [0.2, 0.25) is 11.8 Å². The van der Waals surface area contributed by atoms with Crippen LogP contribution >= 0.6 is 0 Å². The van der Waals surface area contributed by atoms with Crippen molar-refractivity contribution >= 4 is 11.8 Å². The van der Waals surface area contributed by atoms with Gasteiger partial charge in [-0.15, -0.1) is 0 Å². The van der Waals surface area contributed by atoms with Crippen LogP contribution in [0.5, 0.6) is 0 Å². The molecule has 1 saturated carbocycles. The average Bonchev–Trinajstić information content (AvgIpc) is 3.27. The Balaban J connectivity index is 1.72. The topological polar surface area (TPSA) is 49.9 Å². The Bertz CT molecular complexity index is 433. The standard InChI is InChI=1S/C16H26N2O3/c1-12-14(19)17-9-4-3-5-13(17)15(20)18(12)11-16(6-7-16)8-10-21-2/h12-13H,3-11H2,1-2H3. The maximum atomic E-state index is 12.8. The first-order chi connectivity index (χ1) is 10.1. The van der Waals surface area contributed by atoms with E-state index >= 15 is 0 Å². The van der Waals surface area contributed by atoms with Crippen molar-refractivity contribution in [1.82, 2.24) is 9.80 Å². The zero-order valence-electron chi connectivity index (χ0n) is 13.1. The fourth-order valence-corrected chi connectivity index (χ4v) is 3.77. The molecule has 2 saturated heterocycles. The van der Waals surface area contributed by atoms with Gasteiger partial charge < -0.3 is 14.5 Å². The molecule has 2 atom stereocenters. The summed E-state index contributed by atoms with van der Waals surface area (Å²) in [5.41, 5.74) is 0.205. The molecule has 2 amide bonds. The predicted octanol–water partition coefficient (Wildman–Crippen LogP) is 1.41. The van der Waals surface area contributed by atoms with Crippen LogP contribution in [0.2, 0.25) is 0 Å². The Kier molecular flexibility index (Phi) is 3.95. The van der Waals surface area contributed by atoms with Crippen molar-refractivity contribution in [3.05, 3.63) is 0 Å². The van der Waals surface area contributed by atoms with Crippen LogP contribution in [0.3, 0.4) is 0 Å². The lowest BCUT2D eigenvalue weighted by atomic mass is 9.93. The Morgan fingerprint density at radius 1 is 1.24 bits per heavy atom. The molecule has 0 N–H and O–H groups in total. The van der Waals surface area contributed by atoms with E-state index in [1.54, 1.807) is 7.11 Å². The van der Waals surface area contributed by atoms with E-state index in [2.05, 4.69) is 0 Å². The Morgan fingerprint density at radius 3 is 2.67 bits per heavy atom. The molecule has 3 fully saturated rings. The second-order valence-electron chi connectivity index (χ2n) is 6.93. The Morgan fingerprint density at radius 2 is 2.00 bits per heavy atom. The largest absolute Gasteiger partial charge is 0.385 e. The molecule has 2 aliphatic heterocycles. The first-order valence-corrected chi connectivity index (χ1v) is 8.18. The van der Waals surface area contributed by atoms with Crippen molar-refractivity contribution in [2.45, 2.75) is 57.5 Å². The normalized spacial score (nSPS) is 31.3. The first-order valence-electron chi connectivity index (χ1n) is 8.18. The molecule has 0 bridgehead atoms. The van der Waals surface area contributed by atoms with E-state index in [-0.39, 0.29) is 29.3 Å². The van der Waals surface area contributed by atoms with Gasteiger partial charge in [-0.2, -0.15) is 0 Å². The monoisotopic (exact) mass is 294 g/mol. The van der Waals surface area contributed by atoms with Crippen molar-refractivity contribution in [2.75, 3.05) is 26.8 Å². The van der Waals surface area contributed by atoms with E-state index in [0.717, 1.165) is 58.2 Å². The fourth-order valence-electron chi connectivity index (χ4n) is 3.77. The second-order valence-corrected chi connectivity index (χ2v) is 6.93. The van der Waals surface area contributed by atoms with Gasteiger partial charge in [0.1, 0.15) is 12.1 Å². The van der Waals surface area contributed by atoms with Crippen molar-refractivity contribution < 1.29 is 14.3 Å². The molecule has 5 heteroatoms. The summed E-state index contributed by atoms with van der Waals surface area (Å²) in [5.74, 6) is 0.312. The molecular formula is C16H26N2O3. The van der Waals surface area contributed by atoms with E-state index in [0.29, 0.717) is 0 Å². The molecule has 0 spiro atoms. The summed E-state index contributed by atoms with van der Waals surface area (Å²) in [6, 6.07) is -0.493. The lowest BCUT2D eigenvalue weighted by Crippen LogP contribution is -2.65. The second kappa shape index (κ2) is 5.59. The molecule has 5 nitrogen and oxygen atoms in total. The van der Waals surface area contributed by atoms with E-state index in [1.807, 2.05) is 16.7 Å². The van der Waals surface area contributed by atoms with Crippen LogP contribution in [0, 0.1) is 5.41 Å². The molecular weight excluding hydrogens is 268 g/mol. The molecule has 21 heavy (non-hydrogen) atoms. The zero-order chi connectivity index (χ0) is 15.0. The minimum atomic E-state index is -0.299. The van der Waals surface area contributed by atoms with Gasteiger partial charge >= 0.3 is 0 Å². The lowest BCUT2D eigenvalue weighted by Gasteiger charge is -2.47. The number of methoxy groups -OCH3 is 1. The van der Waals surface area contributed by atoms with Crippen molar-refractivity contribution in [3.8, 4) is 0 Å². The number of rotatable bonds is 5. The minimum absolute atomic E-state index is 0.141. The summed E-state index contributed by atoms with van der Waals surface area (Å²) >= 11 is 0. The summed E-state index contributed by atoms with van der Waals surface area (Å²) in [4.78, 5) is 29.0. The maximum absolute atomic E-state index is 12.8. The molecule has 0 radical (unpaired) electrons. The minimum Gasteiger partial charge on any atom is -0.385 e. The van der Waals surface area contributed by atoms with E-state index in [9.17, 15) is 9.59 Å². The third-order valence-electron chi connectivity index (χ3n) is 5.48. The lowest BCUT2D eigenvalue weighted by molar-refractivity contribution is -0.163. The molecule has 1 aliphatic carbocycles. The zero-order valence-corrected chi connectivity index (χ0v) is 13.1. The van der Waals surface area contributed by atoms with Crippen LogP contribution in [0.25, 0.3) is 0 Å². The van der Waals surface area contributed by atoms with Gasteiger partial charge in [0, 0.05) is 26.8 Å². The fraction of sp³-hybridized carbons (Fsp3) is 0.875. The summed E-state index contributed by atoms with van der Waals surface area (Å²) in [7, 11) is 1.72. The predicted molar refractivity (Wildman–Crippen MR) is 78.7 cm³/mol. The summed E-state index contributed by atoms with van der Waals surface area (Å²) < 4.78 is 5.19. The number of piperazine rings is 1. The number of ether oxygens (including phenoxy) is 1. The van der Waals surface area contributed by atoms with Crippen molar-refractivity contribution in [3.63, 3.8) is 0 Å². The van der Waals surface area contributed by atoms with Crippen LogP contribution in [0.1, 0.15) is 45.4 Å². The number of carbonyl (C=O) groups is 2. The highest BCUT2D eigenvalue weighted by atomic mass is 16.5. The number of hydrogen-bond acceptors (Lipinski definition) is 3. The molecule has 0 aromatic heterocycles. The third-order valence-corrected chi connectivity index (χ3v) is 5.48. The van der Waals surface area contributed by atoms with Gasteiger partial charge in [-0.05, 0) is 50.9 Å². The number of carbonyl (C=O) groups excluding carboxylic acids is 2. The Hall–Kier alpha value is -1.10. The number of piperidine rings is 1. The highest BCUT2D eigenvalue weighted by Crippen LogP contribution is 2.50. The first kappa shape index (κ1) is 14.8. The smallest absolute Gasteiger partial charge is 0.246 e. The number of amides is 2.